The molecule has 1 aliphatic rings. The number of aliphatic hydroxyl groups is 1. The third-order valence-corrected chi connectivity index (χ3v) is 8.83. The van der Waals surface area contributed by atoms with Crippen molar-refractivity contribution in [3.05, 3.63) is 71.9 Å². The minimum absolute atomic E-state index is 0.121. The molecule has 1 saturated heterocycles. The first kappa shape index (κ1) is 40.5. The van der Waals surface area contributed by atoms with Crippen molar-refractivity contribution in [2.45, 2.75) is 81.8 Å². The number of nitrogens with one attached hydrogen (secondary N) is 5. The molecule has 3 aromatic rings. The highest BCUT2D eigenvalue weighted by Gasteiger charge is 2.43. The number of aromatic amines is 1. The lowest BCUT2D eigenvalue weighted by molar-refractivity contribution is -0.145. The fourth-order valence-corrected chi connectivity index (χ4v) is 6.25. The molecule has 4 rings (SSSR count). The Morgan fingerprint density at radius 1 is 0.778 bits per heavy atom. The van der Waals surface area contributed by atoms with E-state index < -0.39 is 103 Å². The summed E-state index contributed by atoms with van der Waals surface area (Å²) in [7, 11) is 0. The van der Waals surface area contributed by atoms with Crippen LogP contribution in [0.4, 0.5) is 0 Å². The molecule has 18 nitrogen and oxygen atoms in total. The van der Waals surface area contributed by atoms with Crippen LogP contribution in [0, 0.1) is 0 Å². The number of β-amino-alcohol motifs (C(OH)–C–C–N with tert-alkyl or cyclic N) is 1. The zero-order valence-corrected chi connectivity index (χ0v) is 29.2. The van der Waals surface area contributed by atoms with E-state index in [2.05, 4.69) is 26.3 Å². The van der Waals surface area contributed by atoms with E-state index >= 15 is 0 Å². The van der Waals surface area contributed by atoms with Gasteiger partial charge in [-0.15, -0.1) is 0 Å². The number of rotatable bonds is 18. The van der Waals surface area contributed by atoms with Crippen molar-refractivity contribution in [3.63, 3.8) is 0 Å². The molecule has 9 N–H and O–H groups in total. The summed E-state index contributed by atoms with van der Waals surface area (Å²) in [5.74, 6) is -8.48. The smallest absolute Gasteiger partial charge is 0.326 e. The van der Waals surface area contributed by atoms with Gasteiger partial charge in [-0.3, -0.25) is 33.6 Å². The van der Waals surface area contributed by atoms with Crippen LogP contribution >= 0.6 is 0 Å². The lowest BCUT2D eigenvalue weighted by Gasteiger charge is -2.30. The summed E-state index contributed by atoms with van der Waals surface area (Å²) < 4.78 is 0. The summed E-state index contributed by atoms with van der Waals surface area (Å²) in [4.78, 5) is 106. The first-order valence-corrected chi connectivity index (χ1v) is 17.0. The Balaban J connectivity index is 1.65. The number of aliphatic hydroxyl groups excluding tert-OH is 1. The zero-order chi connectivity index (χ0) is 39.5. The quantitative estimate of drug-likeness (QED) is 0.0781. The summed E-state index contributed by atoms with van der Waals surface area (Å²) in [5, 5.41) is 48.9. The van der Waals surface area contributed by atoms with Crippen LogP contribution in [-0.2, 0) is 51.2 Å². The Labute approximate surface area is 308 Å². The molecule has 6 atom stereocenters. The van der Waals surface area contributed by atoms with Gasteiger partial charge in [0.1, 0.15) is 30.2 Å². The number of H-pyrrole nitrogens is 1. The number of likely N-dealkylation sites (tertiary alicyclic amines) is 1. The number of fused-ring (bicyclic) bond motifs is 1. The topological polar surface area (TPSA) is 285 Å². The van der Waals surface area contributed by atoms with Gasteiger partial charge in [0.25, 0.3) is 0 Å². The second-order valence-corrected chi connectivity index (χ2v) is 13.0. The Bertz CT molecular complexity index is 1870. The first-order valence-electron chi connectivity index (χ1n) is 17.0. The molecule has 1 aliphatic heterocycles. The molecule has 0 aliphatic carbocycles. The number of aromatic nitrogens is 1. The number of amides is 5. The Hall–Kier alpha value is -6.30. The predicted octanol–water partition coefficient (Wildman–Crippen LogP) is -0.702. The highest BCUT2D eigenvalue weighted by molar-refractivity contribution is 5.97. The van der Waals surface area contributed by atoms with Crippen molar-refractivity contribution in [1.29, 1.82) is 0 Å². The Morgan fingerprint density at radius 3 is 2.07 bits per heavy atom. The molecular formula is C36H42N6O12. The van der Waals surface area contributed by atoms with Gasteiger partial charge in [-0.2, -0.15) is 0 Å². The Morgan fingerprint density at radius 2 is 1.43 bits per heavy atom. The van der Waals surface area contributed by atoms with Gasteiger partial charge < -0.3 is 51.6 Å². The van der Waals surface area contributed by atoms with E-state index in [0.29, 0.717) is 16.5 Å². The molecule has 0 radical (unpaired) electrons. The van der Waals surface area contributed by atoms with E-state index in [1.165, 1.54) is 0 Å². The van der Waals surface area contributed by atoms with Crippen LogP contribution < -0.4 is 21.3 Å². The number of aliphatic carboxylic acids is 3. The van der Waals surface area contributed by atoms with E-state index in [1.54, 1.807) is 60.8 Å². The first-order chi connectivity index (χ1) is 25.6. The number of carboxylic acid groups (broad SMARTS) is 3. The standard InChI is InChI=1S/C36H42N6O12/c1-19(43)38-27(16-31(47)48)33(50)40-26(14-21-17-37-24-10-6-5-9-23(21)24)32(49)41-28(13-20-7-3-2-4-8-20)35(52)42-18-22(44)15-29(42)34(51)39-25(36(53)54)11-12-30(45)46/h2-10,17,22,25-29,37,44H,11-16,18H2,1H3,(H,38,43)(H,39,51)(H,40,50)(H,41,49)(H,45,46)(H,47,48)(H,53,54)/t22-,25+,26+,27+,28+,29+/m1/s1. The van der Waals surface area contributed by atoms with Crippen LogP contribution in [0.25, 0.3) is 10.9 Å². The number of nitrogens with zero attached hydrogens (tertiary/aromatic N) is 1. The lowest BCUT2D eigenvalue weighted by atomic mass is 10.0. The lowest BCUT2D eigenvalue weighted by Crippen LogP contribution is -2.59. The van der Waals surface area contributed by atoms with Gasteiger partial charge in [0, 0.05) is 56.3 Å². The van der Waals surface area contributed by atoms with E-state index in [0.717, 1.165) is 17.3 Å². The van der Waals surface area contributed by atoms with Gasteiger partial charge in [-0.05, 0) is 23.6 Å². The number of carbonyl (C=O) groups is 8. The molecule has 5 amide bonds. The molecule has 2 heterocycles. The highest BCUT2D eigenvalue weighted by Crippen LogP contribution is 2.22. The third-order valence-electron chi connectivity index (χ3n) is 8.83. The molecule has 18 heteroatoms. The van der Waals surface area contributed by atoms with Crippen LogP contribution in [0.3, 0.4) is 0 Å². The molecule has 2 aromatic carbocycles. The second-order valence-electron chi connectivity index (χ2n) is 13.0. The van der Waals surface area contributed by atoms with Gasteiger partial charge in [0.05, 0.1) is 12.5 Å². The normalized spacial score (nSPS) is 17.4. The van der Waals surface area contributed by atoms with Crippen LogP contribution in [0.15, 0.2) is 60.8 Å². The van der Waals surface area contributed by atoms with Crippen LogP contribution in [0.1, 0.15) is 43.7 Å². The molecule has 54 heavy (non-hydrogen) atoms. The maximum Gasteiger partial charge on any atom is 0.326 e. The van der Waals surface area contributed by atoms with Gasteiger partial charge in [-0.1, -0.05) is 48.5 Å². The fraction of sp³-hybridized carbons (Fsp3) is 0.389. The molecule has 1 fully saturated rings. The van der Waals surface area contributed by atoms with Crippen molar-refractivity contribution in [2.24, 2.45) is 0 Å². The highest BCUT2D eigenvalue weighted by atomic mass is 16.4. The molecule has 1 aromatic heterocycles. The van der Waals surface area contributed by atoms with Crippen LogP contribution in [0.5, 0.6) is 0 Å². The minimum Gasteiger partial charge on any atom is -0.481 e. The summed E-state index contributed by atoms with van der Waals surface area (Å²) in [6.07, 6.45) is -1.90. The summed E-state index contributed by atoms with van der Waals surface area (Å²) in [6, 6.07) is 8.27. The second kappa shape index (κ2) is 18.5. The summed E-state index contributed by atoms with van der Waals surface area (Å²) >= 11 is 0. The molecule has 0 saturated carbocycles. The summed E-state index contributed by atoms with van der Waals surface area (Å²) in [5.41, 5.74) is 1.89. The largest absolute Gasteiger partial charge is 0.481 e. The average Bonchev–Trinajstić information content (AvgIpc) is 3.71. The number of hydrogen-bond donors (Lipinski definition) is 9. The maximum absolute atomic E-state index is 14.3. The van der Waals surface area contributed by atoms with E-state index in [1.807, 2.05) is 0 Å². The third kappa shape index (κ3) is 11.1. The van der Waals surface area contributed by atoms with Gasteiger partial charge in [0.2, 0.25) is 29.5 Å². The molecule has 0 unspecified atom stereocenters. The number of hydrogen-bond acceptors (Lipinski definition) is 9. The van der Waals surface area contributed by atoms with E-state index in [-0.39, 0.29) is 25.8 Å². The predicted molar refractivity (Wildman–Crippen MR) is 188 cm³/mol. The molecule has 0 spiro atoms. The molecule has 288 valence electrons. The number of para-hydroxylation sites is 1. The van der Waals surface area contributed by atoms with Gasteiger partial charge in [0.15, 0.2) is 0 Å². The Kier molecular flexibility index (Phi) is 13.8. The minimum atomic E-state index is -1.60. The number of carboxylic acids is 3. The van der Waals surface area contributed by atoms with E-state index in [9.17, 15) is 53.7 Å². The van der Waals surface area contributed by atoms with Crippen molar-refractivity contribution in [1.82, 2.24) is 31.2 Å². The van der Waals surface area contributed by atoms with Crippen LogP contribution in [0.2, 0.25) is 0 Å². The monoisotopic (exact) mass is 750 g/mol. The van der Waals surface area contributed by atoms with Gasteiger partial charge >= 0.3 is 17.9 Å². The number of benzene rings is 2. The average molecular weight is 751 g/mol. The zero-order valence-electron chi connectivity index (χ0n) is 29.2. The molecule has 0 bridgehead atoms. The SMILES string of the molecule is CC(=O)N[C@@H](CC(=O)O)C(=O)N[C@@H](Cc1c[nH]c2ccccc12)C(=O)N[C@@H](Cc1ccccc1)C(=O)N1C[C@H](O)C[C@H]1C(=O)N[C@@H](CCC(=O)O)C(=O)O. The van der Waals surface area contributed by atoms with Gasteiger partial charge in [-0.25, -0.2) is 4.79 Å². The van der Waals surface area contributed by atoms with Crippen LogP contribution in [-0.4, -0.2) is 121 Å². The van der Waals surface area contributed by atoms with Crippen molar-refractivity contribution >= 4 is 58.3 Å². The number of carbonyl (C=O) groups excluding carboxylic acids is 5. The van der Waals surface area contributed by atoms with Crippen molar-refractivity contribution in [2.75, 3.05) is 6.54 Å². The fourth-order valence-electron chi connectivity index (χ4n) is 6.25. The van der Waals surface area contributed by atoms with Crippen molar-refractivity contribution < 1.29 is 58.8 Å². The molecular weight excluding hydrogens is 708 g/mol. The van der Waals surface area contributed by atoms with Crippen molar-refractivity contribution in [3.8, 4) is 0 Å². The summed E-state index contributed by atoms with van der Waals surface area (Å²) in [6.45, 7) is 0.743. The van der Waals surface area contributed by atoms with E-state index in [4.69, 9.17) is 5.11 Å². The maximum atomic E-state index is 14.3.